The van der Waals surface area contributed by atoms with Crippen molar-refractivity contribution in [1.82, 2.24) is 15.3 Å². The van der Waals surface area contributed by atoms with Gasteiger partial charge >= 0.3 is 12.0 Å². The van der Waals surface area contributed by atoms with Gasteiger partial charge in [-0.25, -0.2) is 23.4 Å². The van der Waals surface area contributed by atoms with Gasteiger partial charge in [0.15, 0.2) is 11.6 Å². The maximum Gasteiger partial charge on any atom is 0.331 e. The molecular weight excluding hydrogens is 586 g/mol. The van der Waals surface area contributed by atoms with E-state index in [0.717, 1.165) is 6.07 Å². The number of amides is 3. The van der Waals surface area contributed by atoms with Crippen molar-refractivity contribution < 1.29 is 37.4 Å². The summed E-state index contributed by atoms with van der Waals surface area (Å²) in [6.45, 7) is 5.43. The molecule has 0 atom stereocenters. The third-order valence-electron chi connectivity index (χ3n) is 5.96. The molecule has 0 saturated heterocycles. The minimum absolute atomic E-state index is 0.0861. The number of ether oxygens (including phenoxy) is 3. The van der Waals surface area contributed by atoms with Gasteiger partial charge in [0.1, 0.15) is 29.4 Å². The van der Waals surface area contributed by atoms with Gasteiger partial charge in [0.25, 0.3) is 0 Å². The van der Waals surface area contributed by atoms with Crippen LogP contribution < -0.4 is 15.4 Å². The second-order valence-electron chi connectivity index (χ2n) is 10.3. The second-order valence-corrected chi connectivity index (χ2v) is 10.3. The number of pyridine rings is 1. The third-order valence-corrected chi connectivity index (χ3v) is 5.96. The van der Waals surface area contributed by atoms with Crippen LogP contribution in [0.5, 0.6) is 11.5 Å². The van der Waals surface area contributed by atoms with E-state index in [9.17, 15) is 23.2 Å². The fraction of sp³-hybridized carbons (Fsp3) is 0.212. The van der Waals surface area contributed by atoms with Gasteiger partial charge in [-0.15, -0.1) is 0 Å². The molecule has 0 spiro atoms. The Morgan fingerprint density at radius 1 is 1.04 bits per heavy atom. The van der Waals surface area contributed by atoms with Gasteiger partial charge in [0.05, 0.1) is 24.1 Å². The van der Waals surface area contributed by atoms with E-state index in [2.05, 4.69) is 32.4 Å². The van der Waals surface area contributed by atoms with E-state index in [-0.39, 0.29) is 31.1 Å². The number of halogens is 2. The van der Waals surface area contributed by atoms with Gasteiger partial charge in [0, 0.05) is 24.0 Å². The maximum atomic E-state index is 14.9. The number of benzene rings is 2. The first-order chi connectivity index (χ1) is 21.5. The summed E-state index contributed by atoms with van der Waals surface area (Å²) in [5, 5.41) is 5.09. The number of allylic oxidation sites excluding steroid dienone is 1. The molecule has 0 bridgehead atoms. The number of carbonyl (C=O) groups excluding carboxylic acids is 3. The number of hydrogen-bond donors (Lipinski definition) is 3. The van der Waals surface area contributed by atoms with E-state index in [1.807, 2.05) is 0 Å². The molecule has 45 heavy (non-hydrogen) atoms. The minimum Gasteiger partial charge on any atom is -0.454 e. The lowest BCUT2D eigenvalue weighted by Crippen LogP contribution is -2.35. The van der Waals surface area contributed by atoms with E-state index < -0.39 is 35.1 Å². The van der Waals surface area contributed by atoms with Crippen LogP contribution in [0.25, 0.3) is 11.0 Å². The molecule has 4 rings (SSSR count). The van der Waals surface area contributed by atoms with Crippen molar-refractivity contribution in [3.05, 3.63) is 95.8 Å². The Balaban J connectivity index is 1.33. The Labute approximate surface area is 257 Å². The van der Waals surface area contributed by atoms with Crippen LogP contribution in [0.2, 0.25) is 0 Å². The van der Waals surface area contributed by atoms with Gasteiger partial charge in [0.2, 0.25) is 5.91 Å². The van der Waals surface area contributed by atoms with Gasteiger partial charge in [-0.2, -0.15) is 0 Å². The molecule has 2 aromatic heterocycles. The number of rotatable bonds is 10. The van der Waals surface area contributed by atoms with Gasteiger partial charge in [-0.05, 0) is 68.7 Å². The lowest BCUT2D eigenvalue weighted by molar-refractivity contribution is -0.155. The van der Waals surface area contributed by atoms with Gasteiger partial charge in [-0.1, -0.05) is 24.1 Å². The normalized spacial score (nSPS) is 11.1. The summed E-state index contributed by atoms with van der Waals surface area (Å²) in [5.41, 5.74) is 0.784. The number of aromatic nitrogens is 2. The van der Waals surface area contributed by atoms with Crippen LogP contribution >= 0.6 is 0 Å². The highest BCUT2D eigenvalue weighted by Crippen LogP contribution is 2.31. The predicted molar refractivity (Wildman–Crippen MR) is 163 cm³/mol. The molecule has 3 N–H and O–H groups in total. The molecule has 0 saturated carbocycles. The zero-order valence-corrected chi connectivity index (χ0v) is 24.7. The molecule has 0 unspecified atom stereocenters. The summed E-state index contributed by atoms with van der Waals surface area (Å²) in [6, 6.07) is 11.5. The van der Waals surface area contributed by atoms with Crippen LogP contribution in [-0.4, -0.2) is 46.7 Å². The number of urea groups is 1. The SMILES string of the molecule is C/C=C/C(=O)OC(C)(C)COCC#Cc1cc2c(Oc3ccc(NC(=O)NC(=O)Cc4ccc(F)cc4)cc3F)ccnc2[nH]1. The summed E-state index contributed by atoms with van der Waals surface area (Å²) in [5.74, 6) is 3.75. The minimum atomic E-state index is -0.853. The van der Waals surface area contributed by atoms with E-state index in [1.165, 1.54) is 48.7 Å². The zero-order chi connectivity index (χ0) is 32.4. The second kappa shape index (κ2) is 14.8. The van der Waals surface area contributed by atoms with E-state index in [4.69, 9.17) is 14.2 Å². The van der Waals surface area contributed by atoms with Crippen molar-refractivity contribution in [2.75, 3.05) is 18.5 Å². The molecule has 2 aromatic carbocycles. The van der Waals surface area contributed by atoms with Crippen LogP contribution in [0.15, 0.2) is 72.9 Å². The predicted octanol–water partition coefficient (Wildman–Crippen LogP) is 5.79. The highest BCUT2D eigenvalue weighted by Gasteiger charge is 2.22. The number of fused-ring (bicyclic) bond motifs is 1. The Morgan fingerprint density at radius 2 is 1.82 bits per heavy atom. The van der Waals surface area contributed by atoms with Crippen molar-refractivity contribution in [2.45, 2.75) is 32.8 Å². The van der Waals surface area contributed by atoms with Crippen molar-refractivity contribution in [2.24, 2.45) is 0 Å². The molecule has 0 aliphatic carbocycles. The van der Waals surface area contributed by atoms with Crippen LogP contribution in [0.1, 0.15) is 32.0 Å². The topological polar surface area (TPSA) is 132 Å². The summed E-state index contributed by atoms with van der Waals surface area (Å²) in [4.78, 5) is 43.3. The molecule has 3 amide bonds. The number of H-pyrrole nitrogens is 1. The van der Waals surface area contributed by atoms with Crippen molar-refractivity contribution >= 4 is 34.6 Å². The number of esters is 1. The lowest BCUT2D eigenvalue weighted by atomic mass is 10.1. The molecular formula is C33H30F2N4O6. The lowest BCUT2D eigenvalue weighted by Gasteiger charge is -2.23. The number of hydrogen-bond acceptors (Lipinski definition) is 7. The molecule has 4 aromatic rings. The summed E-state index contributed by atoms with van der Waals surface area (Å²) < 4.78 is 44.6. The van der Waals surface area contributed by atoms with Gasteiger partial charge in [-0.3, -0.25) is 10.1 Å². The standard InChI is InChI=1S/C33H30F2N4O6/c1-4-6-30(41)45-33(2,3)20-43-16-5-7-23-18-25-27(14-15-36-31(25)37-23)44-28-13-12-24(19-26(28)35)38-32(42)39-29(40)17-21-8-10-22(34)11-9-21/h4,6,8-15,18-19H,16-17,20H2,1-3H3,(H,36,37)(H2,38,39,40,42)/b6-4+. The van der Waals surface area contributed by atoms with E-state index >= 15 is 0 Å². The molecule has 2 heterocycles. The van der Waals surface area contributed by atoms with E-state index in [0.29, 0.717) is 28.0 Å². The first-order valence-electron chi connectivity index (χ1n) is 13.7. The first kappa shape index (κ1) is 32.4. The number of nitrogens with one attached hydrogen (secondary N) is 3. The zero-order valence-electron chi connectivity index (χ0n) is 24.7. The summed E-state index contributed by atoms with van der Waals surface area (Å²) in [6.07, 6.45) is 4.28. The molecule has 232 valence electrons. The van der Waals surface area contributed by atoms with Crippen LogP contribution in [-0.2, 0) is 25.5 Å². The number of aromatic amines is 1. The molecule has 10 nitrogen and oxygen atoms in total. The molecule has 0 aliphatic heterocycles. The maximum absolute atomic E-state index is 14.9. The summed E-state index contributed by atoms with van der Waals surface area (Å²) in [7, 11) is 0. The third kappa shape index (κ3) is 9.74. The van der Waals surface area contributed by atoms with Crippen molar-refractivity contribution in [1.29, 1.82) is 0 Å². The monoisotopic (exact) mass is 616 g/mol. The summed E-state index contributed by atoms with van der Waals surface area (Å²) >= 11 is 0. The molecule has 0 radical (unpaired) electrons. The van der Waals surface area contributed by atoms with Crippen LogP contribution in [0.3, 0.4) is 0 Å². The average Bonchev–Trinajstić information content (AvgIpc) is 3.39. The largest absolute Gasteiger partial charge is 0.454 e. The van der Waals surface area contributed by atoms with Crippen molar-refractivity contribution in [3.63, 3.8) is 0 Å². The van der Waals surface area contributed by atoms with Crippen LogP contribution in [0, 0.1) is 23.5 Å². The molecule has 0 aliphatic rings. The highest BCUT2D eigenvalue weighted by atomic mass is 19.1. The smallest absolute Gasteiger partial charge is 0.331 e. The fourth-order valence-electron chi connectivity index (χ4n) is 4.01. The number of imide groups is 1. The van der Waals surface area contributed by atoms with Crippen molar-refractivity contribution in [3.8, 4) is 23.3 Å². The van der Waals surface area contributed by atoms with Gasteiger partial charge < -0.3 is 24.5 Å². The van der Waals surface area contributed by atoms with Crippen LogP contribution in [0.4, 0.5) is 19.3 Å². The quantitative estimate of drug-likeness (QED) is 0.0890. The van der Waals surface area contributed by atoms with E-state index in [1.54, 1.807) is 39.0 Å². The average molecular weight is 617 g/mol. The number of carbonyl (C=O) groups is 3. The molecule has 12 heteroatoms. The molecule has 0 fully saturated rings. The highest BCUT2D eigenvalue weighted by molar-refractivity contribution is 6.01. The Morgan fingerprint density at radius 3 is 2.56 bits per heavy atom. The Hall–Kier alpha value is -5.54. The number of nitrogens with zero attached hydrogens (tertiary/aromatic N) is 1. The first-order valence-corrected chi connectivity index (χ1v) is 13.7. The Kier molecular flexibility index (Phi) is 10.6. The fourth-order valence-corrected chi connectivity index (χ4v) is 4.01. The Bertz CT molecular complexity index is 1790. The number of anilines is 1.